The zero-order valence-electron chi connectivity index (χ0n) is 30.9. The third-order valence-corrected chi connectivity index (χ3v) is 11.1. The highest BCUT2D eigenvalue weighted by atomic mass is 15.2. The molecule has 0 saturated carbocycles. The molecule has 0 atom stereocenters. The summed E-state index contributed by atoms with van der Waals surface area (Å²) in [7, 11) is 0. The molecule has 11 aromatic rings. The number of nitrogens with zero attached hydrogens (tertiary/aromatic N) is 4. The van der Waals surface area contributed by atoms with Crippen molar-refractivity contribution in [1.82, 2.24) is 19.5 Å². The second kappa shape index (κ2) is 13.6. The van der Waals surface area contributed by atoms with E-state index in [1.54, 1.807) is 0 Å². The summed E-state index contributed by atoms with van der Waals surface area (Å²) < 4.78 is 2.17. The van der Waals surface area contributed by atoms with Gasteiger partial charge in [-0.15, -0.1) is 0 Å². The van der Waals surface area contributed by atoms with Gasteiger partial charge in [0.15, 0.2) is 11.6 Å². The van der Waals surface area contributed by atoms with Crippen LogP contribution in [-0.2, 0) is 0 Å². The Bertz CT molecular complexity index is 3210. The van der Waals surface area contributed by atoms with Gasteiger partial charge >= 0.3 is 0 Å². The van der Waals surface area contributed by atoms with E-state index >= 15 is 0 Å². The van der Waals surface area contributed by atoms with Gasteiger partial charge in [-0.3, -0.25) is 4.57 Å². The van der Waals surface area contributed by atoms with Gasteiger partial charge in [-0.2, -0.15) is 9.97 Å². The standard InChI is InChI=1S/C53H34N4/c1-2-13-36(14-3-1)44-23-11-17-39-18-12-24-45(50(39)44)38-29-33-41(34-30-38)52-54-51(40-31-27-37(28-32-40)43-22-10-16-35-15-4-5-19-42(35)43)55-53(56-52)57-48-25-8-6-20-46(48)47-21-7-9-26-49(47)57/h1-34H. The van der Waals surface area contributed by atoms with Crippen molar-refractivity contribution in [3.63, 3.8) is 0 Å². The van der Waals surface area contributed by atoms with E-state index in [0.29, 0.717) is 17.6 Å². The number of para-hydroxylation sites is 2. The number of aromatic nitrogens is 4. The minimum absolute atomic E-state index is 0.580. The molecule has 0 aliphatic rings. The molecule has 0 aliphatic heterocycles. The van der Waals surface area contributed by atoms with Crippen LogP contribution in [0.1, 0.15) is 0 Å². The fourth-order valence-corrected chi connectivity index (χ4v) is 8.38. The predicted molar refractivity (Wildman–Crippen MR) is 236 cm³/mol. The van der Waals surface area contributed by atoms with Gasteiger partial charge < -0.3 is 0 Å². The molecular weight excluding hydrogens is 693 g/mol. The van der Waals surface area contributed by atoms with Gasteiger partial charge in [-0.25, -0.2) is 4.98 Å². The van der Waals surface area contributed by atoms with Gasteiger partial charge in [-0.1, -0.05) is 194 Å². The number of hydrogen-bond donors (Lipinski definition) is 0. The van der Waals surface area contributed by atoms with Crippen LogP contribution in [0.15, 0.2) is 206 Å². The third-order valence-electron chi connectivity index (χ3n) is 11.1. The smallest absolute Gasteiger partial charge is 0.238 e. The van der Waals surface area contributed by atoms with Crippen molar-refractivity contribution in [2.75, 3.05) is 0 Å². The van der Waals surface area contributed by atoms with Crippen LogP contribution in [0.25, 0.3) is 105 Å². The normalized spacial score (nSPS) is 11.5. The lowest BCUT2D eigenvalue weighted by atomic mass is 9.91. The summed E-state index contributed by atoms with van der Waals surface area (Å²) in [6, 6.07) is 72.9. The summed E-state index contributed by atoms with van der Waals surface area (Å²) in [6.45, 7) is 0. The molecule has 0 unspecified atom stereocenters. The van der Waals surface area contributed by atoms with Crippen molar-refractivity contribution in [3.8, 4) is 62.1 Å². The van der Waals surface area contributed by atoms with E-state index in [9.17, 15) is 0 Å². The first kappa shape index (κ1) is 32.7. The topological polar surface area (TPSA) is 43.6 Å². The van der Waals surface area contributed by atoms with Crippen LogP contribution in [-0.4, -0.2) is 19.5 Å². The highest BCUT2D eigenvalue weighted by Gasteiger charge is 2.18. The van der Waals surface area contributed by atoms with Crippen molar-refractivity contribution < 1.29 is 0 Å². The Hall–Kier alpha value is -7.69. The second-order valence-corrected chi connectivity index (χ2v) is 14.4. The van der Waals surface area contributed by atoms with Crippen molar-refractivity contribution in [2.45, 2.75) is 0 Å². The molecule has 0 aliphatic carbocycles. The summed E-state index contributed by atoms with van der Waals surface area (Å²) in [5, 5.41) is 7.22. The molecule has 0 radical (unpaired) electrons. The highest BCUT2D eigenvalue weighted by Crippen LogP contribution is 2.38. The molecule has 0 saturated heterocycles. The Balaban J connectivity index is 1.06. The Morgan fingerprint density at radius 2 is 0.702 bits per heavy atom. The molecule has 0 amide bonds. The summed E-state index contributed by atoms with van der Waals surface area (Å²) in [5.74, 6) is 1.81. The molecule has 11 rings (SSSR count). The summed E-state index contributed by atoms with van der Waals surface area (Å²) >= 11 is 0. The number of hydrogen-bond acceptors (Lipinski definition) is 3. The van der Waals surface area contributed by atoms with E-state index < -0.39 is 0 Å². The zero-order valence-corrected chi connectivity index (χ0v) is 30.9. The summed E-state index contributed by atoms with van der Waals surface area (Å²) in [5.41, 5.74) is 11.0. The zero-order chi connectivity index (χ0) is 37.7. The monoisotopic (exact) mass is 726 g/mol. The van der Waals surface area contributed by atoms with Gasteiger partial charge in [0.05, 0.1) is 11.0 Å². The number of fused-ring (bicyclic) bond motifs is 5. The van der Waals surface area contributed by atoms with E-state index in [4.69, 9.17) is 15.0 Å². The van der Waals surface area contributed by atoms with Gasteiger partial charge in [0.1, 0.15) is 0 Å². The summed E-state index contributed by atoms with van der Waals surface area (Å²) in [4.78, 5) is 15.6. The number of rotatable bonds is 6. The molecular formula is C53H34N4. The minimum Gasteiger partial charge on any atom is -0.278 e. The van der Waals surface area contributed by atoms with Crippen molar-refractivity contribution >= 4 is 43.4 Å². The molecule has 4 nitrogen and oxygen atoms in total. The van der Waals surface area contributed by atoms with Gasteiger partial charge in [0.2, 0.25) is 5.95 Å². The van der Waals surface area contributed by atoms with Crippen molar-refractivity contribution in [3.05, 3.63) is 206 Å². The Kier molecular flexibility index (Phi) is 7.78. The van der Waals surface area contributed by atoms with Crippen LogP contribution in [0.3, 0.4) is 0 Å². The number of benzene rings is 9. The van der Waals surface area contributed by atoms with Crippen molar-refractivity contribution in [2.24, 2.45) is 0 Å². The maximum atomic E-state index is 5.22. The molecule has 0 bridgehead atoms. The largest absolute Gasteiger partial charge is 0.278 e. The van der Waals surface area contributed by atoms with E-state index in [1.165, 1.54) is 43.8 Å². The highest BCUT2D eigenvalue weighted by molar-refractivity contribution is 6.09. The molecule has 0 N–H and O–H groups in total. The van der Waals surface area contributed by atoms with Crippen LogP contribution >= 0.6 is 0 Å². The van der Waals surface area contributed by atoms with Crippen LogP contribution < -0.4 is 0 Å². The SMILES string of the molecule is c1ccc(-c2cccc3cccc(-c4ccc(-c5nc(-c6ccc(-c7cccc8ccccc78)cc6)nc(-n6c7ccccc7c7ccccc76)n5)cc4)c23)cc1. The maximum Gasteiger partial charge on any atom is 0.238 e. The molecule has 4 heteroatoms. The van der Waals surface area contributed by atoms with Crippen LogP contribution in [0.2, 0.25) is 0 Å². The Morgan fingerprint density at radius 3 is 1.30 bits per heavy atom. The van der Waals surface area contributed by atoms with E-state index in [1.807, 2.05) is 0 Å². The molecule has 57 heavy (non-hydrogen) atoms. The molecule has 0 fully saturated rings. The first-order valence-corrected chi connectivity index (χ1v) is 19.3. The van der Waals surface area contributed by atoms with E-state index in [0.717, 1.165) is 44.1 Å². The maximum absolute atomic E-state index is 5.22. The quantitative estimate of drug-likeness (QED) is 0.171. The molecule has 9 aromatic carbocycles. The fourth-order valence-electron chi connectivity index (χ4n) is 8.38. The lowest BCUT2D eigenvalue weighted by Gasteiger charge is -2.14. The van der Waals surface area contributed by atoms with Crippen LogP contribution in [0, 0.1) is 0 Å². The second-order valence-electron chi connectivity index (χ2n) is 14.4. The Morgan fingerprint density at radius 1 is 0.281 bits per heavy atom. The van der Waals surface area contributed by atoms with Gasteiger partial charge in [-0.05, 0) is 67.1 Å². The first-order valence-electron chi connectivity index (χ1n) is 19.3. The van der Waals surface area contributed by atoms with Gasteiger partial charge in [0, 0.05) is 21.9 Å². The van der Waals surface area contributed by atoms with E-state index in [-0.39, 0.29) is 0 Å². The summed E-state index contributed by atoms with van der Waals surface area (Å²) in [6.07, 6.45) is 0. The van der Waals surface area contributed by atoms with E-state index in [2.05, 4.69) is 211 Å². The Labute approximate surface area is 330 Å². The van der Waals surface area contributed by atoms with Crippen LogP contribution in [0.5, 0.6) is 0 Å². The lowest BCUT2D eigenvalue weighted by Crippen LogP contribution is -2.06. The minimum atomic E-state index is 0.580. The molecule has 2 aromatic heterocycles. The van der Waals surface area contributed by atoms with Crippen LogP contribution in [0.4, 0.5) is 0 Å². The average Bonchev–Trinajstić information content (AvgIpc) is 3.63. The average molecular weight is 727 g/mol. The molecule has 2 heterocycles. The lowest BCUT2D eigenvalue weighted by molar-refractivity contribution is 0.953. The first-order chi connectivity index (χ1) is 28.3. The molecule has 0 spiro atoms. The molecule has 266 valence electrons. The third kappa shape index (κ3) is 5.66. The fraction of sp³-hybridized carbons (Fsp3) is 0. The van der Waals surface area contributed by atoms with Crippen molar-refractivity contribution in [1.29, 1.82) is 0 Å². The predicted octanol–water partition coefficient (Wildman–Crippen LogP) is 13.6. The van der Waals surface area contributed by atoms with Gasteiger partial charge in [0.25, 0.3) is 0 Å².